The van der Waals surface area contributed by atoms with Gasteiger partial charge in [-0.1, -0.05) is 52.0 Å². The third-order valence-electron chi connectivity index (χ3n) is 3.50. The van der Waals surface area contributed by atoms with E-state index in [1.807, 2.05) is 0 Å². The summed E-state index contributed by atoms with van der Waals surface area (Å²) in [4.78, 5) is 11.9. The van der Waals surface area contributed by atoms with E-state index < -0.39 is 0 Å². The van der Waals surface area contributed by atoms with Crippen LogP contribution in [0.3, 0.4) is 0 Å². The van der Waals surface area contributed by atoms with Crippen LogP contribution in [0.2, 0.25) is 0 Å². The molecule has 118 valence electrons. The summed E-state index contributed by atoms with van der Waals surface area (Å²) in [6.07, 6.45) is 1.50. The van der Waals surface area contributed by atoms with Gasteiger partial charge in [-0.2, -0.15) is 0 Å². The molecule has 1 atom stereocenters. The molecule has 3 heteroatoms. The predicted molar refractivity (Wildman–Crippen MR) is 87.2 cm³/mol. The highest BCUT2D eigenvalue weighted by atomic mass is 16.5. The first-order valence-electron chi connectivity index (χ1n) is 7.81. The zero-order valence-electron chi connectivity index (χ0n) is 14.0. The number of benzene rings is 1. The second-order valence-electron chi connectivity index (χ2n) is 6.37. The highest BCUT2D eigenvalue weighted by Gasteiger charge is 2.18. The number of hydrogen-bond acceptors (Lipinski definition) is 2. The van der Waals surface area contributed by atoms with Crippen LogP contribution in [0.5, 0.6) is 0 Å². The van der Waals surface area contributed by atoms with E-state index in [1.165, 1.54) is 11.1 Å². The molecule has 0 aromatic heterocycles. The SMILES string of the molecule is COCCC(=O)NC(c1ccc(CC(C)C)cc1)C(C)C. The first-order valence-corrected chi connectivity index (χ1v) is 7.81. The highest BCUT2D eigenvalue weighted by Crippen LogP contribution is 2.23. The van der Waals surface area contributed by atoms with Gasteiger partial charge >= 0.3 is 0 Å². The quantitative estimate of drug-likeness (QED) is 0.792. The molecule has 21 heavy (non-hydrogen) atoms. The van der Waals surface area contributed by atoms with Gasteiger partial charge in [-0.3, -0.25) is 4.79 Å². The molecule has 0 heterocycles. The molecule has 0 aliphatic carbocycles. The molecule has 0 saturated heterocycles. The number of nitrogens with one attached hydrogen (secondary N) is 1. The maximum absolute atomic E-state index is 11.9. The van der Waals surface area contributed by atoms with Gasteiger partial charge in [-0.25, -0.2) is 0 Å². The van der Waals surface area contributed by atoms with Crippen molar-refractivity contribution in [2.75, 3.05) is 13.7 Å². The summed E-state index contributed by atoms with van der Waals surface area (Å²) in [5.74, 6) is 1.06. The van der Waals surface area contributed by atoms with Crippen molar-refractivity contribution in [3.05, 3.63) is 35.4 Å². The van der Waals surface area contributed by atoms with Crippen LogP contribution in [0.1, 0.15) is 51.3 Å². The molecular formula is C18H29NO2. The lowest BCUT2D eigenvalue weighted by Gasteiger charge is -2.23. The minimum Gasteiger partial charge on any atom is -0.384 e. The number of methoxy groups -OCH3 is 1. The second-order valence-corrected chi connectivity index (χ2v) is 6.37. The molecule has 1 amide bonds. The minimum atomic E-state index is 0.0433. The number of carbonyl (C=O) groups excluding carboxylic acids is 1. The summed E-state index contributed by atoms with van der Waals surface area (Å²) in [6, 6.07) is 8.68. The van der Waals surface area contributed by atoms with Gasteiger partial charge in [0.2, 0.25) is 5.91 Å². The van der Waals surface area contributed by atoms with Gasteiger partial charge in [-0.15, -0.1) is 0 Å². The molecule has 0 bridgehead atoms. The lowest BCUT2D eigenvalue weighted by atomic mass is 9.93. The minimum absolute atomic E-state index is 0.0433. The summed E-state index contributed by atoms with van der Waals surface area (Å²) in [5.41, 5.74) is 2.52. The van der Waals surface area contributed by atoms with Crippen LogP contribution in [0.4, 0.5) is 0 Å². The van der Waals surface area contributed by atoms with Gasteiger partial charge in [0.05, 0.1) is 12.6 Å². The molecule has 1 unspecified atom stereocenters. The summed E-state index contributed by atoms with van der Waals surface area (Å²) in [6.45, 7) is 9.16. The van der Waals surface area contributed by atoms with Crippen LogP contribution >= 0.6 is 0 Å². The number of amides is 1. The maximum Gasteiger partial charge on any atom is 0.222 e. The Kier molecular flexibility index (Phi) is 7.44. The number of carbonyl (C=O) groups is 1. The van der Waals surface area contributed by atoms with Gasteiger partial charge < -0.3 is 10.1 Å². The van der Waals surface area contributed by atoms with E-state index in [4.69, 9.17) is 4.74 Å². The first-order chi connectivity index (χ1) is 9.93. The zero-order valence-corrected chi connectivity index (χ0v) is 14.0. The number of rotatable bonds is 8. The number of hydrogen-bond donors (Lipinski definition) is 1. The fourth-order valence-corrected chi connectivity index (χ4v) is 2.41. The van der Waals surface area contributed by atoms with Crippen LogP contribution in [0, 0.1) is 11.8 Å². The monoisotopic (exact) mass is 291 g/mol. The molecule has 0 radical (unpaired) electrons. The predicted octanol–water partition coefficient (Wildman–Crippen LogP) is 3.73. The smallest absolute Gasteiger partial charge is 0.222 e. The lowest BCUT2D eigenvalue weighted by Crippen LogP contribution is -2.32. The van der Waals surface area contributed by atoms with E-state index in [-0.39, 0.29) is 11.9 Å². The Morgan fingerprint density at radius 2 is 1.76 bits per heavy atom. The Labute approximate surface area is 129 Å². The average molecular weight is 291 g/mol. The van der Waals surface area contributed by atoms with E-state index in [9.17, 15) is 4.79 Å². The highest BCUT2D eigenvalue weighted by molar-refractivity contribution is 5.76. The molecular weight excluding hydrogens is 262 g/mol. The van der Waals surface area contributed by atoms with Gasteiger partial charge in [-0.05, 0) is 29.4 Å². The van der Waals surface area contributed by atoms with Crippen molar-refractivity contribution in [3.63, 3.8) is 0 Å². The van der Waals surface area contributed by atoms with E-state index in [1.54, 1.807) is 7.11 Å². The standard InChI is InChI=1S/C18H29NO2/c1-13(2)12-15-6-8-16(9-7-15)18(14(3)4)19-17(20)10-11-21-5/h6-9,13-14,18H,10-12H2,1-5H3,(H,19,20). The van der Waals surface area contributed by atoms with Gasteiger partial charge in [0.1, 0.15) is 0 Å². The summed E-state index contributed by atoms with van der Waals surface area (Å²) in [5, 5.41) is 3.11. The van der Waals surface area contributed by atoms with Crippen molar-refractivity contribution in [2.45, 2.75) is 46.6 Å². The van der Waals surface area contributed by atoms with Crippen molar-refractivity contribution in [2.24, 2.45) is 11.8 Å². The van der Waals surface area contributed by atoms with E-state index >= 15 is 0 Å². The fourth-order valence-electron chi connectivity index (χ4n) is 2.41. The van der Waals surface area contributed by atoms with Crippen LogP contribution < -0.4 is 5.32 Å². The third kappa shape index (κ3) is 6.30. The molecule has 0 fully saturated rings. The average Bonchev–Trinajstić information content (AvgIpc) is 2.42. The molecule has 3 nitrogen and oxygen atoms in total. The third-order valence-corrected chi connectivity index (χ3v) is 3.50. The Hall–Kier alpha value is -1.35. The number of ether oxygens (including phenoxy) is 1. The molecule has 1 N–H and O–H groups in total. The van der Waals surface area contributed by atoms with E-state index in [2.05, 4.69) is 57.3 Å². The largest absolute Gasteiger partial charge is 0.384 e. The first kappa shape index (κ1) is 17.7. The second kappa shape index (κ2) is 8.83. The normalized spacial score (nSPS) is 12.7. The molecule has 1 aromatic rings. The Balaban J connectivity index is 2.74. The van der Waals surface area contributed by atoms with Crippen LogP contribution in [-0.4, -0.2) is 19.6 Å². The molecule has 1 rings (SSSR count). The molecule has 0 aliphatic rings. The topological polar surface area (TPSA) is 38.3 Å². The van der Waals surface area contributed by atoms with Gasteiger partial charge in [0.25, 0.3) is 0 Å². The van der Waals surface area contributed by atoms with Crippen molar-refractivity contribution in [1.29, 1.82) is 0 Å². The Morgan fingerprint density at radius 1 is 1.14 bits per heavy atom. The fraction of sp³-hybridized carbons (Fsp3) is 0.611. The van der Waals surface area contributed by atoms with Crippen molar-refractivity contribution >= 4 is 5.91 Å². The molecule has 0 saturated carbocycles. The van der Waals surface area contributed by atoms with Crippen molar-refractivity contribution < 1.29 is 9.53 Å². The summed E-state index contributed by atoms with van der Waals surface area (Å²) >= 11 is 0. The van der Waals surface area contributed by atoms with Crippen LogP contribution in [0.15, 0.2) is 24.3 Å². The molecule has 0 aliphatic heterocycles. The Morgan fingerprint density at radius 3 is 2.24 bits per heavy atom. The summed E-state index contributed by atoms with van der Waals surface area (Å²) < 4.78 is 4.95. The van der Waals surface area contributed by atoms with Crippen LogP contribution in [0.25, 0.3) is 0 Å². The van der Waals surface area contributed by atoms with E-state index in [0.717, 1.165) is 6.42 Å². The van der Waals surface area contributed by atoms with Gasteiger partial charge in [0, 0.05) is 13.5 Å². The van der Waals surface area contributed by atoms with E-state index in [0.29, 0.717) is 24.9 Å². The molecule has 0 spiro atoms. The zero-order chi connectivity index (χ0) is 15.8. The molecule has 1 aromatic carbocycles. The van der Waals surface area contributed by atoms with Gasteiger partial charge in [0.15, 0.2) is 0 Å². The van der Waals surface area contributed by atoms with Crippen molar-refractivity contribution in [1.82, 2.24) is 5.32 Å². The summed E-state index contributed by atoms with van der Waals surface area (Å²) in [7, 11) is 1.61. The lowest BCUT2D eigenvalue weighted by molar-refractivity contribution is -0.123. The van der Waals surface area contributed by atoms with Crippen molar-refractivity contribution in [3.8, 4) is 0 Å². The van der Waals surface area contributed by atoms with Crippen LogP contribution in [-0.2, 0) is 16.0 Å². The Bertz CT molecular complexity index is 423. The maximum atomic E-state index is 11.9.